The molecule has 0 saturated carbocycles. The lowest BCUT2D eigenvalue weighted by Gasteiger charge is -2.25. The van der Waals surface area contributed by atoms with E-state index < -0.39 is 11.0 Å². The Morgan fingerprint density at radius 3 is 2.55 bits per heavy atom. The maximum absolute atomic E-state index is 12.9. The summed E-state index contributed by atoms with van der Waals surface area (Å²) in [5.41, 5.74) is 4.65. The van der Waals surface area contributed by atoms with E-state index in [2.05, 4.69) is 30.8 Å². The number of halogens is 1. The van der Waals surface area contributed by atoms with Crippen LogP contribution in [0.4, 0.5) is 23.3 Å². The van der Waals surface area contributed by atoms with E-state index in [-0.39, 0.29) is 0 Å². The molecule has 0 spiro atoms. The third-order valence-corrected chi connectivity index (χ3v) is 7.85. The second-order valence-electron chi connectivity index (χ2n) is 8.76. The predicted molar refractivity (Wildman–Crippen MR) is 149 cm³/mol. The zero-order valence-corrected chi connectivity index (χ0v) is 22.8. The van der Waals surface area contributed by atoms with Crippen molar-refractivity contribution in [2.45, 2.75) is 18.7 Å². The Morgan fingerprint density at radius 2 is 1.87 bits per heavy atom. The minimum atomic E-state index is -1.20. The largest absolute Gasteiger partial charge is 0.495 e. The number of aromatic nitrogens is 4. The smallest absolute Gasteiger partial charge is 0.229 e. The average molecular weight is 554 g/mol. The molecule has 3 N–H and O–H groups in total. The van der Waals surface area contributed by atoms with E-state index in [0.717, 1.165) is 27.3 Å². The van der Waals surface area contributed by atoms with Crippen molar-refractivity contribution in [3.05, 3.63) is 64.9 Å². The van der Waals surface area contributed by atoms with E-state index >= 15 is 0 Å². The van der Waals surface area contributed by atoms with Gasteiger partial charge < -0.3 is 20.1 Å². The topological polar surface area (TPSA) is 117 Å². The standard InChI is InChI=1S/C26H28ClN7O3S/c1-16-12-22(29-26-28-15-21(27)25(31-26)30-24-13-17(2)32-33-24)23(36-3)14-20(16)18-4-6-19(7-5-18)38(35)34-8-10-37-11-9-34/h4-7,12-15H,8-11H2,1-3H3,(H3,28,29,30,31,32,33). The molecule has 0 amide bonds. The van der Waals surface area contributed by atoms with Crippen LogP contribution in [0.2, 0.25) is 5.02 Å². The van der Waals surface area contributed by atoms with Gasteiger partial charge in [0, 0.05) is 24.8 Å². The first-order valence-corrected chi connectivity index (χ1v) is 13.5. The third-order valence-electron chi connectivity index (χ3n) is 6.06. The van der Waals surface area contributed by atoms with E-state index in [0.29, 0.717) is 60.3 Å². The number of H-pyrrole nitrogens is 1. The van der Waals surface area contributed by atoms with Crippen molar-refractivity contribution >= 4 is 45.9 Å². The first-order valence-electron chi connectivity index (χ1n) is 12.0. The molecular formula is C26H28ClN7O3S. The lowest BCUT2D eigenvalue weighted by molar-refractivity contribution is 0.0752. The quantitative estimate of drug-likeness (QED) is 0.279. The molecule has 1 saturated heterocycles. The lowest BCUT2D eigenvalue weighted by Crippen LogP contribution is -2.37. The molecule has 5 rings (SSSR count). The van der Waals surface area contributed by atoms with E-state index in [4.69, 9.17) is 21.1 Å². The van der Waals surface area contributed by atoms with Crippen molar-refractivity contribution < 1.29 is 13.7 Å². The number of benzene rings is 2. The van der Waals surface area contributed by atoms with E-state index in [9.17, 15) is 4.21 Å². The van der Waals surface area contributed by atoms with Crippen molar-refractivity contribution in [3.8, 4) is 16.9 Å². The fourth-order valence-corrected chi connectivity index (χ4v) is 5.40. The number of nitrogens with zero attached hydrogens (tertiary/aromatic N) is 4. The summed E-state index contributed by atoms with van der Waals surface area (Å²) in [5, 5.41) is 13.7. The maximum atomic E-state index is 12.9. The molecule has 1 unspecified atom stereocenters. The van der Waals surface area contributed by atoms with Crippen LogP contribution in [0.25, 0.3) is 11.1 Å². The van der Waals surface area contributed by atoms with Crippen LogP contribution >= 0.6 is 11.6 Å². The van der Waals surface area contributed by atoms with Crippen LogP contribution in [0.15, 0.2) is 53.6 Å². The monoisotopic (exact) mass is 553 g/mol. The fraction of sp³-hybridized carbons (Fsp3) is 0.269. The van der Waals surface area contributed by atoms with Gasteiger partial charge >= 0.3 is 0 Å². The zero-order chi connectivity index (χ0) is 26.6. The first kappa shape index (κ1) is 26.1. The minimum Gasteiger partial charge on any atom is -0.495 e. The van der Waals surface area contributed by atoms with Crippen molar-refractivity contribution in [3.63, 3.8) is 0 Å². The minimum absolute atomic E-state index is 0.351. The van der Waals surface area contributed by atoms with Crippen molar-refractivity contribution in [2.75, 3.05) is 44.0 Å². The Bertz CT molecular complexity index is 1460. The number of hydrogen-bond acceptors (Lipinski definition) is 8. The summed E-state index contributed by atoms with van der Waals surface area (Å²) in [6.45, 7) is 6.46. The van der Waals surface area contributed by atoms with Gasteiger partial charge in [0.25, 0.3) is 0 Å². The van der Waals surface area contributed by atoms with Gasteiger partial charge in [-0.3, -0.25) is 5.10 Å². The number of aryl methyl sites for hydroxylation is 2. The number of methoxy groups -OCH3 is 1. The number of ether oxygens (including phenoxy) is 2. The molecule has 3 heterocycles. The molecule has 10 nitrogen and oxygen atoms in total. The van der Waals surface area contributed by atoms with Crippen LogP contribution in [0.3, 0.4) is 0 Å². The average Bonchev–Trinajstić information content (AvgIpc) is 3.35. The molecule has 1 aliphatic heterocycles. The Balaban J connectivity index is 1.36. The SMILES string of the molecule is COc1cc(-c2ccc(S(=O)N3CCOCC3)cc2)c(C)cc1Nc1ncc(Cl)c(Nc2cc(C)[nH]n2)n1. The molecule has 0 bridgehead atoms. The molecule has 2 aromatic carbocycles. The number of aromatic amines is 1. The summed E-state index contributed by atoms with van der Waals surface area (Å²) in [4.78, 5) is 9.59. The third kappa shape index (κ3) is 5.81. The first-order chi connectivity index (χ1) is 18.4. The highest BCUT2D eigenvalue weighted by Crippen LogP contribution is 2.36. The molecule has 1 fully saturated rings. The molecule has 1 atom stereocenters. The van der Waals surface area contributed by atoms with Crippen LogP contribution in [-0.4, -0.2) is 62.1 Å². The van der Waals surface area contributed by atoms with Gasteiger partial charge in [-0.1, -0.05) is 23.7 Å². The molecule has 2 aromatic heterocycles. The van der Waals surface area contributed by atoms with E-state index in [1.165, 1.54) is 6.20 Å². The van der Waals surface area contributed by atoms with Crippen LogP contribution in [0.1, 0.15) is 11.3 Å². The van der Waals surface area contributed by atoms with Gasteiger partial charge in [0.15, 0.2) is 11.6 Å². The van der Waals surface area contributed by atoms with Crippen molar-refractivity contribution in [2.24, 2.45) is 0 Å². The zero-order valence-electron chi connectivity index (χ0n) is 21.2. The van der Waals surface area contributed by atoms with Gasteiger partial charge in [-0.2, -0.15) is 10.1 Å². The van der Waals surface area contributed by atoms with Crippen LogP contribution in [0.5, 0.6) is 5.75 Å². The molecule has 4 aromatic rings. The molecule has 1 aliphatic rings. The van der Waals surface area contributed by atoms with Gasteiger partial charge in [-0.15, -0.1) is 0 Å². The summed E-state index contributed by atoms with van der Waals surface area (Å²) < 4.78 is 25.9. The predicted octanol–water partition coefficient (Wildman–Crippen LogP) is 4.99. The highest BCUT2D eigenvalue weighted by molar-refractivity contribution is 7.82. The van der Waals surface area contributed by atoms with Crippen molar-refractivity contribution in [1.29, 1.82) is 0 Å². The maximum Gasteiger partial charge on any atom is 0.229 e. The molecular weight excluding hydrogens is 526 g/mol. The Hall–Kier alpha value is -3.51. The fourth-order valence-electron chi connectivity index (χ4n) is 4.12. The van der Waals surface area contributed by atoms with Crippen LogP contribution in [-0.2, 0) is 15.7 Å². The summed E-state index contributed by atoms with van der Waals surface area (Å²) >= 11 is 6.30. The van der Waals surface area contributed by atoms with Crippen LogP contribution < -0.4 is 15.4 Å². The number of hydrogen-bond donors (Lipinski definition) is 3. The van der Waals surface area contributed by atoms with E-state index in [1.54, 1.807) is 7.11 Å². The van der Waals surface area contributed by atoms with Gasteiger partial charge in [0.05, 0.1) is 37.1 Å². The Morgan fingerprint density at radius 1 is 1.11 bits per heavy atom. The summed E-state index contributed by atoms with van der Waals surface area (Å²) in [7, 11) is 0.411. The second-order valence-corrected chi connectivity index (χ2v) is 10.7. The van der Waals surface area contributed by atoms with E-state index in [1.807, 2.05) is 60.6 Å². The number of morpholine rings is 1. The Kier molecular flexibility index (Phi) is 7.89. The highest BCUT2D eigenvalue weighted by atomic mass is 35.5. The molecule has 0 radical (unpaired) electrons. The highest BCUT2D eigenvalue weighted by Gasteiger charge is 2.19. The molecule has 38 heavy (non-hydrogen) atoms. The normalized spacial score (nSPS) is 14.7. The van der Waals surface area contributed by atoms with Gasteiger partial charge in [-0.25, -0.2) is 13.5 Å². The molecule has 198 valence electrons. The van der Waals surface area contributed by atoms with Gasteiger partial charge in [0.2, 0.25) is 5.95 Å². The van der Waals surface area contributed by atoms with Crippen LogP contribution in [0, 0.1) is 13.8 Å². The number of nitrogens with one attached hydrogen (secondary N) is 3. The van der Waals surface area contributed by atoms with Gasteiger partial charge in [0.1, 0.15) is 21.8 Å². The number of rotatable bonds is 8. The summed E-state index contributed by atoms with van der Waals surface area (Å²) in [6, 6.07) is 13.6. The van der Waals surface area contributed by atoms with Crippen molar-refractivity contribution in [1.82, 2.24) is 24.5 Å². The molecule has 0 aliphatic carbocycles. The number of anilines is 4. The summed E-state index contributed by atoms with van der Waals surface area (Å²) in [5.74, 6) is 2.01. The molecule has 12 heteroatoms. The van der Waals surface area contributed by atoms with Gasteiger partial charge in [-0.05, 0) is 54.8 Å². The Labute approximate surface area is 228 Å². The lowest BCUT2D eigenvalue weighted by atomic mass is 9.99. The summed E-state index contributed by atoms with van der Waals surface area (Å²) in [6.07, 6.45) is 1.52. The second kappa shape index (κ2) is 11.5.